The number of hydrogen-bond acceptors (Lipinski definition) is 4. The third kappa shape index (κ3) is 4.44. The van der Waals surface area contributed by atoms with Gasteiger partial charge in [0.2, 0.25) is 10.0 Å². The molecule has 0 radical (unpaired) electrons. The molecular formula is C14H18N4O3S. The van der Waals surface area contributed by atoms with Crippen molar-refractivity contribution < 1.29 is 13.2 Å². The maximum atomic E-state index is 11.9. The normalized spacial score (nSPS) is 16.7. The molecule has 2 rings (SSSR count). The van der Waals surface area contributed by atoms with Crippen LogP contribution in [0.4, 0.5) is 10.5 Å². The number of carbonyl (C=O) groups is 1. The van der Waals surface area contributed by atoms with Crippen LogP contribution in [0.15, 0.2) is 24.3 Å². The number of carbonyl (C=O) groups excluding carboxylic acids is 1. The summed E-state index contributed by atoms with van der Waals surface area (Å²) < 4.78 is 24.2. The van der Waals surface area contributed by atoms with Crippen LogP contribution in [-0.2, 0) is 10.0 Å². The summed E-state index contributed by atoms with van der Waals surface area (Å²) in [6.07, 6.45) is 2.38. The molecule has 0 aliphatic carbocycles. The molecule has 1 fully saturated rings. The van der Waals surface area contributed by atoms with Crippen molar-refractivity contribution in [1.29, 1.82) is 5.26 Å². The number of sulfonamides is 1. The number of anilines is 1. The summed E-state index contributed by atoms with van der Waals surface area (Å²) in [4.78, 5) is 11.9. The fraction of sp³-hybridized carbons (Fsp3) is 0.429. The van der Waals surface area contributed by atoms with Crippen LogP contribution in [0.3, 0.4) is 0 Å². The molecular weight excluding hydrogens is 304 g/mol. The molecule has 0 bridgehead atoms. The van der Waals surface area contributed by atoms with Gasteiger partial charge in [-0.2, -0.15) is 5.26 Å². The average molecular weight is 322 g/mol. The van der Waals surface area contributed by atoms with Crippen LogP contribution in [0, 0.1) is 11.3 Å². The van der Waals surface area contributed by atoms with Gasteiger partial charge in [-0.05, 0) is 37.1 Å². The van der Waals surface area contributed by atoms with Gasteiger partial charge in [-0.3, -0.25) is 0 Å². The van der Waals surface area contributed by atoms with Crippen LogP contribution in [0.1, 0.15) is 18.4 Å². The number of hydrogen-bond donors (Lipinski definition) is 2. The number of piperidine rings is 1. The Kier molecular flexibility index (Phi) is 5.00. The van der Waals surface area contributed by atoms with E-state index in [1.165, 1.54) is 10.6 Å². The van der Waals surface area contributed by atoms with Crippen molar-refractivity contribution in [3.05, 3.63) is 29.8 Å². The molecule has 1 aliphatic heterocycles. The van der Waals surface area contributed by atoms with E-state index >= 15 is 0 Å². The first-order valence-corrected chi connectivity index (χ1v) is 8.76. The van der Waals surface area contributed by atoms with Gasteiger partial charge < -0.3 is 10.6 Å². The molecule has 1 heterocycles. The fourth-order valence-corrected chi connectivity index (χ4v) is 3.19. The predicted octanol–water partition coefficient (Wildman–Crippen LogP) is 1.10. The van der Waals surface area contributed by atoms with Gasteiger partial charge in [-0.15, -0.1) is 0 Å². The summed E-state index contributed by atoms with van der Waals surface area (Å²) in [5.41, 5.74) is 1.13. The highest BCUT2D eigenvalue weighted by atomic mass is 32.2. The highest BCUT2D eigenvalue weighted by Crippen LogP contribution is 2.14. The first-order valence-electron chi connectivity index (χ1n) is 6.91. The highest BCUT2D eigenvalue weighted by molar-refractivity contribution is 7.88. The zero-order chi connectivity index (χ0) is 16.2. The topological polar surface area (TPSA) is 102 Å². The largest absolute Gasteiger partial charge is 0.335 e. The van der Waals surface area contributed by atoms with Crippen molar-refractivity contribution in [2.75, 3.05) is 24.7 Å². The first-order chi connectivity index (χ1) is 10.4. The van der Waals surface area contributed by atoms with Crippen LogP contribution in [0.2, 0.25) is 0 Å². The van der Waals surface area contributed by atoms with Gasteiger partial charge in [0.05, 0.1) is 17.9 Å². The minimum atomic E-state index is -3.15. The summed E-state index contributed by atoms with van der Waals surface area (Å²) >= 11 is 0. The van der Waals surface area contributed by atoms with Gasteiger partial charge in [0.15, 0.2) is 0 Å². The maximum absolute atomic E-state index is 11.9. The number of nitrogens with zero attached hydrogens (tertiary/aromatic N) is 2. The summed E-state index contributed by atoms with van der Waals surface area (Å²) in [7, 11) is -3.15. The molecule has 0 unspecified atom stereocenters. The van der Waals surface area contributed by atoms with Crippen molar-refractivity contribution in [2.24, 2.45) is 0 Å². The Labute approximate surface area is 130 Å². The monoisotopic (exact) mass is 322 g/mol. The van der Waals surface area contributed by atoms with Crippen LogP contribution < -0.4 is 10.6 Å². The molecule has 118 valence electrons. The van der Waals surface area contributed by atoms with Gasteiger partial charge in [0, 0.05) is 24.8 Å². The van der Waals surface area contributed by atoms with E-state index in [-0.39, 0.29) is 12.1 Å². The van der Waals surface area contributed by atoms with Gasteiger partial charge in [0.25, 0.3) is 0 Å². The van der Waals surface area contributed by atoms with E-state index in [2.05, 4.69) is 10.6 Å². The van der Waals surface area contributed by atoms with Crippen LogP contribution in [0.5, 0.6) is 0 Å². The lowest BCUT2D eigenvalue weighted by Crippen LogP contribution is -2.47. The number of nitriles is 1. The first kappa shape index (κ1) is 16.3. The molecule has 8 heteroatoms. The summed E-state index contributed by atoms with van der Waals surface area (Å²) in [5, 5.41) is 14.2. The SMILES string of the molecule is CS(=O)(=O)N1CCC(NC(=O)Nc2ccc(C#N)cc2)CC1. The zero-order valence-electron chi connectivity index (χ0n) is 12.2. The Morgan fingerprint density at radius 2 is 1.86 bits per heavy atom. The Balaban J connectivity index is 1.82. The average Bonchev–Trinajstić information content (AvgIpc) is 2.47. The quantitative estimate of drug-likeness (QED) is 0.870. The van der Waals surface area contributed by atoms with Crippen molar-refractivity contribution in [3.63, 3.8) is 0 Å². The molecule has 0 spiro atoms. The van der Waals surface area contributed by atoms with Gasteiger partial charge >= 0.3 is 6.03 Å². The van der Waals surface area contributed by atoms with E-state index in [0.29, 0.717) is 37.2 Å². The lowest BCUT2D eigenvalue weighted by molar-refractivity contribution is 0.238. The van der Waals surface area contributed by atoms with E-state index in [1.807, 2.05) is 6.07 Å². The highest BCUT2D eigenvalue weighted by Gasteiger charge is 2.25. The molecule has 2 amide bonds. The third-order valence-corrected chi connectivity index (χ3v) is 4.83. The van der Waals surface area contributed by atoms with E-state index in [1.54, 1.807) is 24.3 Å². The van der Waals surface area contributed by atoms with Crippen molar-refractivity contribution >= 4 is 21.7 Å². The Hall–Kier alpha value is -2.11. The smallest absolute Gasteiger partial charge is 0.319 e. The second-order valence-electron chi connectivity index (χ2n) is 5.22. The molecule has 0 saturated carbocycles. The number of amides is 2. The number of rotatable bonds is 3. The summed E-state index contributed by atoms with van der Waals surface area (Å²) in [6.45, 7) is 0.835. The minimum absolute atomic E-state index is 0.0450. The van der Waals surface area contributed by atoms with Gasteiger partial charge in [-0.1, -0.05) is 0 Å². The second-order valence-corrected chi connectivity index (χ2v) is 7.21. The van der Waals surface area contributed by atoms with Crippen molar-refractivity contribution in [3.8, 4) is 6.07 Å². The second kappa shape index (κ2) is 6.77. The summed E-state index contributed by atoms with van der Waals surface area (Å²) in [6, 6.07) is 8.20. The molecule has 0 atom stereocenters. The van der Waals surface area contributed by atoms with Gasteiger partial charge in [0.1, 0.15) is 0 Å². The third-order valence-electron chi connectivity index (χ3n) is 3.53. The Morgan fingerprint density at radius 1 is 1.27 bits per heavy atom. The van der Waals surface area contributed by atoms with Crippen LogP contribution in [0.25, 0.3) is 0 Å². The van der Waals surface area contributed by atoms with Crippen LogP contribution in [-0.4, -0.2) is 44.1 Å². The Bertz CT molecular complexity index is 671. The van der Waals surface area contributed by atoms with Crippen LogP contribution >= 0.6 is 0 Å². The fourth-order valence-electron chi connectivity index (χ4n) is 2.31. The number of nitrogens with one attached hydrogen (secondary N) is 2. The molecule has 2 N–H and O–H groups in total. The molecule has 1 saturated heterocycles. The summed E-state index contributed by atoms with van der Waals surface area (Å²) in [5.74, 6) is 0. The predicted molar refractivity (Wildman–Crippen MR) is 82.8 cm³/mol. The molecule has 22 heavy (non-hydrogen) atoms. The Morgan fingerprint density at radius 3 is 2.36 bits per heavy atom. The molecule has 1 aliphatic rings. The van der Waals surface area contributed by atoms with E-state index in [4.69, 9.17) is 5.26 Å². The molecule has 7 nitrogen and oxygen atoms in total. The number of benzene rings is 1. The van der Waals surface area contributed by atoms with Crippen molar-refractivity contribution in [2.45, 2.75) is 18.9 Å². The molecule has 1 aromatic rings. The standard InChI is InChI=1S/C14H18N4O3S/c1-22(20,21)18-8-6-13(7-9-18)17-14(19)16-12-4-2-11(10-15)3-5-12/h2-5,13H,6-9H2,1H3,(H2,16,17,19). The lowest BCUT2D eigenvalue weighted by Gasteiger charge is -2.30. The van der Waals surface area contributed by atoms with E-state index in [0.717, 1.165) is 0 Å². The van der Waals surface area contributed by atoms with Gasteiger partial charge in [-0.25, -0.2) is 17.5 Å². The zero-order valence-corrected chi connectivity index (χ0v) is 13.1. The minimum Gasteiger partial charge on any atom is -0.335 e. The molecule has 1 aromatic carbocycles. The maximum Gasteiger partial charge on any atom is 0.319 e. The van der Waals surface area contributed by atoms with E-state index in [9.17, 15) is 13.2 Å². The molecule has 0 aromatic heterocycles. The lowest BCUT2D eigenvalue weighted by atomic mass is 10.1. The number of urea groups is 1. The van der Waals surface area contributed by atoms with E-state index < -0.39 is 10.0 Å². The van der Waals surface area contributed by atoms with Crippen molar-refractivity contribution in [1.82, 2.24) is 9.62 Å².